The highest BCUT2D eigenvalue weighted by Crippen LogP contribution is 2.35. The van der Waals surface area contributed by atoms with Gasteiger partial charge in [-0.2, -0.15) is 0 Å². The highest BCUT2D eigenvalue weighted by atomic mass is 28.3. The summed E-state index contributed by atoms with van der Waals surface area (Å²) in [5, 5.41) is 13.5. The molecular formula is C30H43O4Si. The van der Waals surface area contributed by atoms with Crippen LogP contribution in [0.1, 0.15) is 79.2 Å². The van der Waals surface area contributed by atoms with Crippen molar-refractivity contribution in [3.63, 3.8) is 0 Å². The molecule has 1 N–H and O–H groups in total. The molecule has 1 aliphatic rings. The average molecular weight is 496 g/mol. The SMILES string of the molecule is CC(C)(C)C(=O)OCCC1(O)CCC(CO[Si](c2ccccc2)c2ccc(C(C)(C)C)cc2)CC1. The molecule has 0 bridgehead atoms. The Kier molecular flexibility index (Phi) is 9.00. The van der Waals surface area contributed by atoms with Crippen LogP contribution in [-0.4, -0.2) is 38.9 Å². The van der Waals surface area contributed by atoms with Gasteiger partial charge < -0.3 is 14.3 Å². The summed E-state index contributed by atoms with van der Waals surface area (Å²) in [4.78, 5) is 12.0. The Balaban J connectivity index is 1.57. The van der Waals surface area contributed by atoms with Crippen LogP contribution in [0.25, 0.3) is 0 Å². The normalized spacial score (nSPS) is 21.2. The fourth-order valence-electron chi connectivity index (χ4n) is 4.43. The van der Waals surface area contributed by atoms with Gasteiger partial charge in [0, 0.05) is 13.0 Å². The molecule has 0 amide bonds. The predicted octanol–water partition coefficient (Wildman–Crippen LogP) is 5.01. The first-order valence-corrected chi connectivity index (χ1v) is 14.3. The van der Waals surface area contributed by atoms with Gasteiger partial charge in [0.05, 0.1) is 17.6 Å². The summed E-state index contributed by atoms with van der Waals surface area (Å²) in [5.74, 6) is 0.222. The number of ether oxygens (including phenoxy) is 1. The fraction of sp³-hybridized carbons (Fsp3) is 0.567. The topological polar surface area (TPSA) is 55.8 Å². The van der Waals surface area contributed by atoms with E-state index in [1.807, 2.05) is 26.8 Å². The number of rotatable bonds is 8. The molecule has 2 aromatic carbocycles. The quantitative estimate of drug-likeness (QED) is 0.413. The standard InChI is InChI=1S/C30H43O4Si/c1-28(2,3)24-12-14-26(15-13-24)35(25-10-8-7-9-11-25)34-22-23-16-18-30(32,19-17-23)20-21-33-27(31)29(4,5)6/h7-15,23,32H,16-22H2,1-6H3. The number of benzene rings is 2. The lowest BCUT2D eigenvalue weighted by Gasteiger charge is -2.36. The number of aliphatic hydroxyl groups is 1. The lowest BCUT2D eigenvalue weighted by Crippen LogP contribution is -2.46. The van der Waals surface area contributed by atoms with E-state index in [0.717, 1.165) is 25.7 Å². The minimum absolute atomic E-state index is 0.128. The Morgan fingerprint density at radius 3 is 2.06 bits per heavy atom. The third kappa shape index (κ3) is 8.02. The van der Waals surface area contributed by atoms with Crippen molar-refractivity contribution in [1.82, 2.24) is 0 Å². The first kappa shape index (κ1) is 27.6. The maximum Gasteiger partial charge on any atom is 0.311 e. The van der Waals surface area contributed by atoms with Crippen molar-refractivity contribution in [2.75, 3.05) is 13.2 Å². The molecule has 0 unspecified atom stereocenters. The molecular weight excluding hydrogens is 452 g/mol. The second-order valence-corrected chi connectivity index (χ2v) is 14.2. The van der Waals surface area contributed by atoms with Gasteiger partial charge in [-0.25, -0.2) is 0 Å². The molecule has 191 valence electrons. The molecule has 0 aromatic heterocycles. The number of hydrogen-bond donors (Lipinski definition) is 1. The molecule has 1 radical (unpaired) electrons. The van der Waals surface area contributed by atoms with E-state index in [2.05, 4.69) is 69.3 Å². The first-order valence-electron chi connectivity index (χ1n) is 12.9. The number of carbonyl (C=O) groups is 1. The Morgan fingerprint density at radius 2 is 1.51 bits per heavy atom. The summed E-state index contributed by atoms with van der Waals surface area (Å²) in [7, 11) is -1.35. The molecule has 0 atom stereocenters. The summed E-state index contributed by atoms with van der Waals surface area (Å²) in [6, 6.07) is 19.5. The minimum atomic E-state index is -1.35. The zero-order chi connectivity index (χ0) is 25.7. The van der Waals surface area contributed by atoms with Crippen LogP contribution in [0.2, 0.25) is 0 Å². The van der Waals surface area contributed by atoms with E-state index in [-0.39, 0.29) is 18.0 Å². The van der Waals surface area contributed by atoms with Crippen molar-refractivity contribution in [3.05, 3.63) is 60.2 Å². The summed E-state index contributed by atoms with van der Waals surface area (Å²) >= 11 is 0. The van der Waals surface area contributed by atoms with Crippen LogP contribution >= 0.6 is 0 Å². The summed E-state index contributed by atoms with van der Waals surface area (Å²) in [6.45, 7) is 13.2. The highest BCUT2D eigenvalue weighted by Gasteiger charge is 2.34. The molecule has 3 rings (SSSR count). The number of carbonyl (C=O) groups excluding carboxylic acids is 1. The summed E-state index contributed by atoms with van der Waals surface area (Å²) in [5.41, 5.74) is 0.201. The third-order valence-electron chi connectivity index (χ3n) is 6.96. The van der Waals surface area contributed by atoms with Crippen molar-refractivity contribution in [2.24, 2.45) is 11.3 Å². The highest BCUT2D eigenvalue weighted by molar-refractivity contribution is 6.80. The van der Waals surface area contributed by atoms with Crippen LogP contribution in [0.4, 0.5) is 0 Å². The molecule has 0 aliphatic heterocycles. The molecule has 1 aliphatic carbocycles. The zero-order valence-corrected chi connectivity index (χ0v) is 23.4. The van der Waals surface area contributed by atoms with Gasteiger partial charge in [-0.05, 0) is 73.7 Å². The maximum absolute atomic E-state index is 12.0. The van der Waals surface area contributed by atoms with E-state index >= 15 is 0 Å². The van der Waals surface area contributed by atoms with E-state index in [4.69, 9.17) is 9.16 Å². The summed E-state index contributed by atoms with van der Waals surface area (Å²) < 4.78 is 12.0. The van der Waals surface area contributed by atoms with E-state index in [0.29, 0.717) is 18.9 Å². The van der Waals surface area contributed by atoms with Crippen LogP contribution in [0, 0.1) is 11.3 Å². The van der Waals surface area contributed by atoms with E-state index in [1.54, 1.807) is 0 Å². The van der Waals surface area contributed by atoms with Gasteiger partial charge in [0.2, 0.25) is 0 Å². The monoisotopic (exact) mass is 495 g/mol. The van der Waals surface area contributed by atoms with Crippen molar-refractivity contribution in [2.45, 2.75) is 84.7 Å². The van der Waals surface area contributed by atoms with Crippen LogP contribution < -0.4 is 10.4 Å². The lowest BCUT2D eigenvalue weighted by molar-refractivity contribution is -0.155. The zero-order valence-electron chi connectivity index (χ0n) is 22.4. The molecule has 0 heterocycles. The molecule has 0 saturated heterocycles. The molecule has 2 aromatic rings. The number of esters is 1. The van der Waals surface area contributed by atoms with Crippen molar-refractivity contribution < 1.29 is 19.1 Å². The van der Waals surface area contributed by atoms with E-state index < -0.39 is 20.1 Å². The molecule has 1 fully saturated rings. The average Bonchev–Trinajstić information content (AvgIpc) is 2.80. The van der Waals surface area contributed by atoms with Gasteiger partial charge in [-0.1, -0.05) is 75.4 Å². The lowest BCUT2D eigenvalue weighted by atomic mass is 9.77. The largest absolute Gasteiger partial charge is 0.465 e. The van der Waals surface area contributed by atoms with E-state index in [9.17, 15) is 9.90 Å². The van der Waals surface area contributed by atoms with Crippen molar-refractivity contribution in [3.8, 4) is 0 Å². The molecule has 5 heteroatoms. The second kappa shape index (κ2) is 11.4. The second-order valence-electron chi connectivity index (χ2n) is 12.1. The Hall–Kier alpha value is -1.95. The van der Waals surface area contributed by atoms with Crippen LogP contribution in [0.5, 0.6) is 0 Å². The number of hydrogen-bond acceptors (Lipinski definition) is 4. The Labute approximate surface area is 213 Å². The summed E-state index contributed by atoms with van der Waals surface area (Å²) in [6.07, 6.45) is 3.80. The van der Waals surface area contributed by atoms with Crippen LogP contribution in [0.15, 0.2) is 54.6 Å². The van der Waals surface area contributed by atoms with E-state index in [1.165, 1.54) is 15.9 Å². The molecule has 0 spiro atoms. The van der Waals surface area contributed by atoms with Gasteiger partial charge in [-0.3, -0.25) is 4.79 Å². The molecule has 35 heavy (non-hydrogen) atoms. The molecule has 1 saturated carbocycles. The van der Waals surface area contributed by atoms with Crippen molar-refractivity contribution >= 4 is 25.4 Å². The fourth-order valence-corrected chi connectivity index (χ4v) is 6.46. The van der Waals surface area contributed by atoms with Gasteiger partial charge in [0.1, 0.15) is 0 Å². The van der Waals surface area contributed by atoms with Gasteiger partial charge >= 0.3 is 5.97 Å². The maximum atomic E-state index is 12.0. The van der Waals surface area contributed by atoms with Crippen molar-refractivity contribution in [1.29, 1.82) is 0 Å². The third-order valence-corrected chi connectivity index (χ3v) is 9.13. The van der Waals surface area contributed by atoms with Crippen LogP contribution in [-0.2, 0) is 19.4 Å². The Bertz CT molecular complexity index is 933. The Morgan fingerprint density at radius 1 is 0.943 bits per heavy atom. The van der Waals surface area contributed by atoms with Gasteiger partial charge in [0.25, 0.3) is 9.04 Å². The molecule has 4 nitrogen and oxygen atoms in total. The minimum Gasteiger partial charge on any atom is -0.465 e. The smallest absolute Gasteiger partial charge is 0.311 e. The van der Waals surface area contributed by atoms with Gasteiger partial charge in [0.15, 0.2) is 0 Å². The first-order chi connectivity index (χ1) is 16.4. The van der Waals surface area contributed by atoms with Gasteiger partial charge in [-0.15, -0.1) is 0 Å². The predicted molar refractivity (Wildman–Crippen MR) is 144 cm³/mol. The van der Waals surface area contributed by atoms with Crippen LogP contribution in [0.3, 0.4) is 0 Å².